The zero-order valence-electron chi connectivity index (χ0n) is 33.5. The molecule has 3 atom stereocenters. The van der Waals surface area contributed by atoms with Crippen molar-refractivity contribution in [2.45, 2.75) is 83.2 Å². The third-order valence-electron chi connectivity index (χ3n) is 11.7. The first-order valence-corrected chi connectivity index (χ1v) is 20.2. The average Bonchev–Trinajstić information content (AvgIpc) is 3.62. The summed E-state index contributed by atoms with van der Waals surface area (Å²) in [6.45, 7) is 3.39. The van der Waals surface area contributed by atoms with Crippen LogP contribution in [0.15, 0.2) is 47.3 Å². The van der Waals surface area contributed by atoms with Crippen LogP contribution in [0.2, 0.25) is 0 Å². The van der Waals surface area contributed by atoms with E-state index in [1.807, 2.05) is 30.3 Å². The number of fused-ring (bicyclic) bond motifs is 5. The lowest BCUT2D eigenvalue weighted by atomic mass is 9.81. The van der Waals surface area contributed by atoms with Crippen LogP contribution in [-0.2, 0) is 60.3 Å². The van der Waals surface area contributed by atoms with Gasteiger partial charge in [-0.3, -0.25) is 24.0 Å². The van der Waals surface area contributed by atoms with Gasteiger partial charge in [0, 0.05) is 41.6 Å². The summed E-state index contributed by atoms with van der Waals surface area (Å²) in [6, 6.07) is 11.0. The van der Waals surface area contributed by atoms with Gasteiger partial charge in [0.05, 0.1) is 48.6 Å². The molecule has 0 spiro atoms. The molecule has 0 saturated carbocycles. The number of carbonyl (C=O) groups is 5. The molecule has 1 aliphatic carbocycles. The SMILES string of the molecule is CC[C@@]1(O)C(=O)OCc2c1cc1n(c2=O)Cc2c-1nc1cc(F)c(C)c3c1c2[C@@H](NCCCCNC(=O)CNC(=O)[C@H](Cc1ccccc1)NC(=O)CNC(=O)CN)CC3. The molecule has 4 amide bonds. The van der Waals surface area contributed by atoms with E-state index in [9.17, 15) is 33.9 Å². The van der Waals surface area contributed by atoms with Gasteiger partial charge in [-0.15, -0.1) is 0 Å². The molecule has 316 valence electrons. The van der Waals surface area contributed by atoms with Gasteiger partial charge in [0.2, 0.25) is 23.6 Å². The second-order valence-corrected chi connectivity index (χ2v) is 15.4. The van der Waals surface area contributed by atoms with E-state index in [0.717, 1.165) is 27.6 Å². The number of amides is 4. The molecule has 60 heavy (non-hydrogen) atoms. The number of aliphatic hydroxyl groups is 1. The van der Waals surface area contributed by atoms with Crippen LogP contribution >= 0.6 is 0 Å². The quantitative estimate of drug-likeness (QED) is 0.0546. The Morgan fingerprint density at radius 3 is 2.50 bits per heavy atom. The van der Waals surface area contributed by atoms with Crippen molar-refractivity contribution in [1.82, 2.24) is 36.1 Å². The van der Waals surface area contributed by atoms with E-state index in [0.29, 0.717) is 61.2 Å². The van der Waals surface area contributed by atoms with Crippen LogP contribution in [-0.4, -0.2) is 83.0 Å². The molecule has 3 aliphatic rings. The highest BCUT2D eigenvalue weighted by Crippen LogP contribution is 2.46. The van der Waals surface area contributed by atoms with Crippen LogP contribution in [0.5, 0.6) is 0 Å². The highest BCUT2D eigenvalue weighted by atomic mass is 19.1. The highest BCUT2D eigenvalue weighted by Gasteiger charge is 2.46. The summed E-state index contributed by atoms with van der Waals surface area (Å²) >= 11 is 0. The number of nitrogens with one attached hydrogen (secondary N) is 5. The number of ether oxygens (including phenoxy) is 1. The predicted molar refractivity (Wildman–Crippen MR) is 218 cm³/mol. The van der Waals surface area contributed by atoms with Gasteiger partial charge in [-0.2, -0.15) is 0 Å². The molecule has 0 saturated heterocycles. The van der Waals surface area contributed by atoms with Gasteiger partial charge in [0.25, 0.3) is 5.56 Å². The Kier molecular flexibility index (Phi) is 12.4. The summed E-state index contributed by atoms with van der Waals surface area (Å²) in [5.41, 5.74) is 8.83. The molecule has 0 radical (unpaired) electrons. The van der Waals surface area contributed by atoms with Crippen molar-refractivity contribution in [1.29, 1.82) is 0 Å². The van der Waals surface area contributed by atoms with Crippen LogP contribution < -0.4 is 37.9 Å². The van der Waals surface area contributed by atoms with Crippen molar-refractivity contribution in [2.75, 3.05) is 32.7 Å². The van der Waals surface area contributed by atoms with Gasteiger partial charge in [0.15, 0.2) is 5.60 Å². The first kappa shape index (κ1) is 42.1. The monoisotopic (exact) mass is 824 g/mol. The number of hydrogen-bond acceptors (Lipinski definition) is 11. The van der Waals surface area contributed by atoms with Crippen LogP contribution in [0.3, 0.4) is 0 Å². The molecular weight excluding hydrogens is 776 g/mol. The fraction of sp³-hybridized carbons (Fsp3) is 0.419. The number of carbonyl (C=O) groups excluding carboxylic acids is 5. The molecule has 17 heteroatoms. The number of benzene rings is 2. The van der Waals surface area contributed by atoms with Gasteiger partial charge in [-0.1, -0.05) is 37.3 Å². The molecule has 0 unspecified atom stereocenters. The Morgan fingerprint density at radius 2 is 1.75 bits per heavy atom. The number of pyridine rings is 2. The van der Waals surface area contributed by atoms with Crippen molar-refractivity contribution >= 4 is 40.5 Å². The van der Waals surface area contributed by atoms with Gasteiger partial charge < -0.3 is 46.7 Å². The number of unbranched alkanes of at least 4 members (excludes halogenated alkanes) is 1. The van der Waals surface area contributed by atoms with Crippen LogP contribution in [0.1, 0.15) is 77.6 Å². The minimum atomic E-state index is -1.97. The van der Waals surface area contributed by atoms with Gasteiger partial charge >= 0.3 is 5.97 Å². The summed E-state index contributed by atoms with van der Waals surface area (Å²) in [5, 5.41) is 26.2. The van der Waals surface area contributed by atoms with Gasteiger partial charge in [-0.05, 0) is 73.9 Å². The van der Waals surface area contributed by atoms with Crippen LogP contribution in [0.25, 0.3) is 22.3 Å². The first-order chi connectivity index (χ1) is 28.8. The summed E-state index contributed by atoms with van der Waals surface area (Å²) in [5.74, 6) is -3.22. The number of rotatable bonds is 16. The van der Waals surface area contributed by atoms with Crippen LogP contribution in [0.4, 0.5) is 4.39 Å². The maximum atomic E-state index is 15.3. The van der Waals surface area contributed by atoms with E-state index in [-0.39, 0.29) is 74.2 Å². The molecule has 0 bridgehead atoms. The number of esters is 1. The predicted octanol–water partition coefficient (Wildman–Crippen LogP) is 0.919. The lowest BCUT2D eigenvalue weighted by molar-refractivity contribution is -0.172. The van der Waals surface area contributed by atoms with Crippen LogP contribution in [0, 0.1) is 12.7 Å². The molecule has 16 nitrogen and oxygen atoms in total. The number of aryl methyl sites for hydroxylation is 1. The number of nitrogens with zero attached hydrogens (tertiary/aromatic N) is 2. The molecule has 2 aromatic carbocycles. The van der Waals surface area contributed by atoms with Gasteiger partial charge in [-0.25, -0.2) is 14.2 Å². The highest BCUT2D eigenvalue weighted by molar-refractivity contribution is 5.94. The molecule has 2 aliphatic heterocycles. The maximum Gasteiger partial charge on any atom is 0.343 e. The third kappa shape index (κ3) is 8.24. The number of cyclic esters (lactones) is 1. The van der Waals surface area contributed by atoms with E-state index >= 15 is 4.39 Å². The average molecular weight is 825 g/mol. The van der Waals surface area contributed by atoms with Crippen molar-refractivity contribution in [2.24, 2.45) is 5.73 Å². The van der Waals surface area contributed by atoms with E-state index < -0.39 is 41.2 Å². The summed E-state index contributed by atoms with van der Waals surface area (Å²) in [4.78, 5) is 81.3. The first-order valence-electron chi connectivity index (χ1n) is 20.2. The lowest BCUT2D eigenvalue weighted by Gasteiger charge is -2.31. The Bertz CT molecular complexity index is 2440. The van der Waals surface area contributed by atoms with Crippen molar-refractivity contribution in [3.8, 4) is 11.4 Å². The Morgan fingerprint density at radius 1 is 1.00 bits per heavy atom. The second-order valence-electron chi connectivity index (χ2n) is 15.4. The third-order valence-corrected chi connectivity index (χ3v) is 11.7. The topological polar surface area (TPSA) is 236 Å². The molecule has 4 aromatic rings. The molecule has 0 fully saturated rings. The molecule has 4 heterocycles. The molecular formula is C43H49FN8O8. The van der Waals surface area contributed by atoms with Crippen molar-refractivity contribution < 1.29 is 38.2 Å². The standard InChI is InChI=1S/C43H49FN8O8/c1-3-43(59)28-16-33-39-26(21-52(33)41(57)27(28)22-60-42(43)58)38-30(12-11-25-23(2)29(44)17-31(51-39)37(25)38)46-13-7-8-14-47-35(54)19-49-40(56)32(15-24-9-5-4-6-10-24)50-36(55)20-48-34(53)18-45/h4-6,9-10,16-17,30,32,46,59H,3,7-8,11-15,18-22,45H2,1-2H3,(H,47,54)(H,48,53)(H,49,56)(H,50,55)/t30-,32-,43-/m0/s1. The number of aromatic nitrogens is 2. The second kappa shape index (κ2) is 17.7. The summed E-state index contributed by atoms with van der Waals surface area (Å²) in [7, 11) is 0. The van der Waals surface area contributed by atoms with E-state index in [1.54, 1.807) is 24.5 Å². The van der Waals surface area contributed by atoms with E-state index in [4.69, 9.17) is 15.5 Å². The summed E-state index contributed by atoms with van der Waals surface area (Å²) < 4.78 is 22.1. The van der Waals surface area contributed by atoms with E-state index in [1.165, 1.54) is 6.07 Å². The number of nitrogens with two attached hydrogens (primary N) is 1. The zero-order chi connectivity index (χ0) is 42.7. The minimum Gasteiger partial charge on any atom is -0.458 e. The van der Waals surface area contributed by atoms with E-state index in [2.05, 4.69) is 26.6 Å². The Labute approximate surface area is 344 Å². The van der Waals surface area contributed by atoms with Crippen molar-refractivity contribution in [3.05, 3.63) is 97.6 Å². The number of halogens is 1. The maximum absolute atomic E-state index is 15.3. The summed E-state index contributed by atoms with van der Waals surface area (Å²) in [6.07, 6.45) is 2.80. The molecule has 7 rings (SSSR count). The lowest BCUT2D eigenvalue weighted by Crippen LogP contribution is -2.52. The smallest absolute Gasteiger partial charge is 0.343 e. The molecule has 2 aromatic heterocycles. The Balaban J connectivity index is 0.979. The normalized spacial score (nSPS) is 17.8. The fourth-order valence-corrected chi connectivity index (χ4v) is 8.42. The fourth-order valence-electron chi connectivity index (χ4n) is 8.42. The zero-order valence-corrected chi connectivity index (χ0v) is 33.5. The molecule has 8 N–H and O–H groups in total. The largest absolute Gasteiger partial charge is 0.458 e. The Hall–Kier alpha value is -6.04. The number of hydrogen-bond donors (Lipinski definition) is 7. The van der Waals surface area contributed by atoms with Gasteiger partial charge in [0.1, 0.15) is 18.5 Å². The van der Waals surface area contributed by atoms with Crippen molar-refractivity contribution in [3.63, 3.8) is 0 Å². The minimum absolute atomic E-state index is 0.0158.